The van der Waals surface area contributed by atoms with Gasteiger partial charge in [-0.2, -0.15) is 0 Å². The van der Waals surface area contributed by atoms with E-state index in [4.69, 9.17) is 4.74 Å². The van der Waals surface area contributed by atoms with Crippen LogP contribution in [0.1, 0.15) is 26.6 Å². The average Bonchev–Trinajstić information content (AvgIpc) is 2.89. The molecule has 7 heteroatoms. The van der Waals surface area contributed by atoms with Crippen LogP contribution in [0, 0.1) is 13.8 Å². The van der Waals surface area contributed by atoms with Crippen LogP contribution in [0.2, 0.25) is 0 Å². The molecule has 3 heterocycles. The maximum Gasteiger partial charge on any atom is 0.348 e. The first kappa shape index (κ1) is 15.4. The Morgan fingerprint density at radius 1 is 1.26 bits per heavy atom. The molecule has 0 amide bonds. The van der Waals surface area contributed by atoms with E-state index in [9.17, 15) is 4.79 Å². The first-order valence-corrected chi connectivity index (χ1v) is 7.90. The summed E-state index contributed by atoms with van der Waals surface area (Å²) in [5.74, 6) is 1.05. The molecule has 0 bridgehead atoms. The molecule has 0 aliphatic heterocycles. The summed E-state index contributed by atoms with van der Waals surface area (Å²) in [6.45, 7) is 4.35. The fourth-order valence-electron chi connectivity index (χ4n) is 2.35. The van der Waals surface area contributed by atoms with Crippen LogP contribution in [0.25, 0.3) is 10.2 Å². The largest absolute Gasteiger partial charge is 0.465 e. The first-order valence-electron chi connectivity index (χ1n) is 7.09. The summed E-state index contributed by atoms with van der Waals surface area (Å²) in [7, 11) is 1.38. The highest BCUT2D eigenvalue weighted by atomic mass is 32.1. The highest BCUT2D eigenvalue weighted by Gasteiger charge is 2.20. The number of thiophene rings is 1. The molecule has 0 atom stereocenters. The molecule has 3 aromatic heterocycles. The average molecular weight is 328 g/mol. The third kappa shape index (κ3) is 3.00. The van der Waals surface area contributed by atoms with Gasteiger partial charge in [0.1, 0.15) is 21.3 Å². The standard InChI is InChI=1S/C16H16N4O2S/c1-9-12-14(18-8-11-4-6-17-7-5-11)19-10(2)20-15(12)23-13(9)16(21)22-3/h4-7H,8H2,1-3H3,(H,18,19,20). The molecule has 0 fully saturated rings. The molecule has 0 aliphatic carbocycles. The van der Waals surface area contributed by atoms with Crippen LogP contribution in [0.5, 0.6) is 0 Å². The van der Waals surface area contributed by atoms with Gasteiger partial charge in [-0.25, -0.2) is 14.8 Å². The number of esters is 1. The Labute approximate surface area is 137 Å². The zero-order valence-corrected chi connectivity index (χ0v) is 13.9. The molecule has 0 saturated heterocycles. The lowest BCUT2D eigenvalue weighted by molar-refractivity contribution is 0.0605. The van der Waals surface area contributed by atoms with Crippen LogP contribution >= 0.6 is 11.3 Å². The van der Waals surface area contributed by atoms with Crippen LogP contribution in [0.15, 0.2) is 24.5 Å². The summed E-state index contributed by atoms with van der Waals surface area (Å²) in [4.78, 5) is 26.2. The summed E-state index contributed by atoms with van der Waals surface area (Å²) >= 11 is 1.33. The maximum absolute atomic E-state index is 11.9. The smallest absolute Gasteiger partial charge is 0.348 e. The lowest BCUT2D eigenvalue weighted by Gasteiger charge is -2.08. The second kappa shape index (κ2) is 6.29. The number of carbonyl (C=O) groups is 1. The van der Waals surface area contributed by atoms with Crippen molar-refractivity contribution in [2.45, 2.75) is 20.4 Å². The van der Waals surface area contributed by atoms with Gasteiger partial charge in [0.15, 0.2) is 0 Å². The van der Waals surface area contributed by atoms with Crippen LogP contribution in [-0.2, 0) is 11.3 Å². The van der Waals surface area contributed by atoms with Crippen LogP contribution < -0.4 is 5.32 Å². The van der Waals surface area contributed by atoms with Gasteiger partial charge >= 0.3 is 5.97 Å². The lowest BCUT2D eigenvalue weighted by atomic mass is 10.2. The molecule has 0 spiro atoms. The van der Waals surface area contributed by atoms with Gasteiger partial charge in [0.2, 0.25) is 0 Å². The topological polar surface area (TPSA) is 77.0 Å². The fourth-order valence-corrected chi connectivity index (χ4v) is 3.49. The van der Waals surface area contributed by atoms with E-state index in [0.717, 1.165) is 27.2 Å². The van der Waals surface area contributed by atoms with E-state index in [1.54, 1.807) is 12.4 Å². The molecule has 1 N–H and O–H groups in total. The van der Waals surface area contributed by atoms with Gasteiger partial charge in [-0.1, -0.05) is 0 Å². The minimum Gasteiger partial charge on any atom is -0.465 e. The minimum atomic E-state index is -0.344. The second-order valence-corrected chi connectivity index (χ2v) is 6.06. The van der Waals surface area contributed by atoms with Crippen molar-refractivity contribution in [2.24, 2.45) is 0 Å². The van der Waals surface area contributed by atoms with Gasteiger partial charge < -0.3 is 10.1 Å². The Hall–Kier alpha value is -2.54. The van der Waals surface area contributed by atoms with Gasteiger partial charge in [-0.3, -0.25) is 4.98 Å². The molecule has 3 rings (SSSR count). The number of pyridine rings is 1. The molecular weight excluding hydrogens is 312 g/mol. The Balaban J connectivity index is 2.02. The zero-order valence-electron chi connectivity index (χ0n) is 13.1. The van der Waals surface area contributed by atoms with Crippen LogP contribution in [-0.4, -0.2) is 28.0 Å². The van der Waals surface area contributed by atoms with E-state index >= 15 is 0 Å². The quantitative estimate of drug-likeness (QED) is 0.742. The number of carbonyl (C=O) groups excluding carboxylic acids is 1. The molecule has 118 valence electrons. The zero-order chi connectivity index (χ0) is 16.4. The summed E-state index contributed by atoms with van der Waals surface area (Å²) in [5, 5.41) is 4.20. The van der Waals surface area contributed by atoms with Crippen molar-refractivity contribution in [3.05, 3.63) is 46.4 Å². The van der Waals surface area contributed by atoms with E-state index in [1.807, 2.05) is 26.0 Å². The van der Waals surface area contributed by atoms with Gasteiger partial charge in [0.25, 0.3) is 0 Å². The summed E-state index contributed by atoms with van der Waals surface area (Å²) in [6, 6.07) is 3.89. The van der Waals surface area contributed by atoms with E-state index in [0.29, 0.717) is 17.2 Å². The van der Waals surface area contributed by atoms with Crippen molar-refractivity contribution in [1.82, 2.24) is 15.0 Å². The lowest BCUT2D eigenvalue weighted by Crippen LogP contribution is -2.04. The molecule has 0 unspecified atom stereocenters. The third-order valence-corrected chi connectivity index (χ3v) is 4.65. The number of fused-ring (bicyclic) bond motifs is 1. The highest BCUT2D eigenvalue weighted by molar-refractivity contribution is 7.20. The number of aromatic nitrogens is 3. The molecule has 3 aromatic rings. The van der Waals surface area contributed by atoms with Crippen molar-refractivity contribution < 1.29 is 9.53 Å². The van der Waals surface area contributed by atoms with Gasteiger partial charge in [-0.15, -0.1) is 11.3 Å². The maximum atomic E-state index is 11.9. The summed E-state index contributed by atoms with van der Waals surface area (Å²) in [5.41, 5.74) is 1.94. The number of hydrogen-bond acceptors (Lipinski definition) is 7. The first-order chi connectivity index (χ1) is 11.1. The van der Waals surface area contributed by atoms with E-state index < -0.39 is 0 Å². The van der Waals surface area contributed by atoms with Crippen molar-refractivity contribution in [3.63, 3.8) is 0 Å². The predicted molar refractivity (Wildman–Crippen MR) is 89.8 cm³/mol. The number of nitrogens with one attached hydrogen (secondary N) is 1. The number of ether oxygens (including phenoxy) is 1. The Kier molecular flexibility index (Phi) is 4.20. The normalized spacial score (nSPS) is 10.7. The number of methoxy groups -OCH3 is 1. The fraction of sp³-hybridized carbons (Fsp3) is 0.250. The van der Waals surface area contributed by atoms with Crippen LogP contribution in [0.3, 0.4) is 0 Å². The Morgan fingerprint density at radius 3 is 2.70 bits per heavy atom. The third-order valence-electron chi connectivity index (χ3n) is 3.48. The molecular formula is C16H16N4O2S. The minimum absolute atomic E-state index is 0.344. The second-order valence-electron chi connectivity index (χ2n) is 5.06. The number of nitrogens with zero attached hydrogens (tertiary/aromatic N) is 3. The monoisotopic (exact) mass is 328 g/mol. The Bertz CT molecular complexity index is 861. The van der Waals surface area contributed by atoms with Gasteiger partial charge in [-0.05, 0) is 37.1 Å². The van der Waals surface area contributed by atoms with Crippen LogP contribution in [0.4, 0.5) is 5.82 Å². The van der Waals surface area contributed by atoms with E-state index in [2.05, 4.69) is 20.3 Å². The Morgan fingerprint density at radius 2 is 2.00 bits per heavy atom. The number of aryl methyl sites for hydroxylation is 2. The summed E-state index contributed by atoms with van der Waals surface area (Å²) in [6.07, 6.45) is 3.51. The highest BCUT2D eigenvalue weighted by Crippen LogP contribution is 2.34. The molecule has 0 aromatic carbocycles. The van der Waals surface area contributed by atoms with Crippen molar-refractivity contribution in [3.8, 4) is 0 Å². The molecule has 0 saturated carbocycles. The van der Waals surface area contributed by atoms with Gasteiger partial charge in [0, 0.05) is 18.9 Å². The molecule has 6 nitrogen and oxygen atoms in total. The van der Waals surface area contributed by atoms with Crippen molar-refractivity contribution in [2.75, 3.05) is 12.4 Å². The molecule has 0 radical (unpaired) electrons. The molecule has 0 aliphatic rings. The van der Waals surface area contributed by atoms with Crippen molar-refractivity contribution in [1.29, 1.82) is 0 Å². The van der Waals surface area contributed by atoms with E-state index in [-0.39, 0.29) is 5.97 Å². The van der Waals surface area contributed by atoms with Crippen molar-refractivity contribution >= 4 is 33.3 Å². The number of anilines is 1. The SMILES string of the molecule is COC(=O)c1sc2nc(C)nc(NCc3ccncc3)c2c1C. The predicted octanol–water partition coefficient (Wildman–Crippen LogP) is 3.10. The van der Waals surface area contributed by atoms with E-state index in [1.165, 1.54) is 18.4 Å². The number of rotatable bonds is 4. The summed E-state index contributed by atoms with van der Waals surface area (Å²) < 4.78 is 4.84. The molecule has 23 heavy (non-hydrogen) atoms. The number of hydrogen-bond donors (Lipinski definition) is 1. The van der Waals surface area contributed by atoms with Gasteiger partial charge in [0.05, 0.1) is 12.5 Å².